The molecule has 1 aliphatic heterocycles. The molecule has 3 nitrogen and oxygen atoms in total. The summed E-state index contributed by atoms with van der Waals surface area (Å²) in [5.74, 6) is 0.647. The molecule has 1 saturated heterocycles. The highest BCUT2D eigenvalue weighted by Crippen LogP contribution is 2.28. The Kier molecular flexibility index (Phi) is 4.48. The number of rotatable bonds is 3. The molecule has 1 aromatic carbocycles. The third kappa shape index (κ3) is 2.88. The lowest BCUT2D eigenvalue weighted by Gasteiger charge is -2.40. The maximum absolute atomic E-state index is 12.9. The number of likely N-dealkylation sites (tertiary alicyclic amines) is 1. The Morgan fingerprint density at radius 1 is 1.35 bits per heavy atom. The van der Waals surface area contributed by atoms with Gasteiger partial charge in [0.2, 0.25) is 5.91 Å². The second-order valence-electron chi connectivity index (χ2n) is 6.36. The van der Waals surface area contributed by atoms with Crippen molar-refractivity contribution in [2.24, 2.45) is 11.7 Å². The van der Waals surface area contributed by atoms with Crippen molar-refractivity contribution in [3.05, 3.63) is 35.9 Å². The fourth-order valence-electron chi connectivity index (χ4n) is 3.04. The average Bonchev–Trinajstić information content (AvgIpc) is 2.48. The summed E-state index contributed by atoms with van der Waals surface area (Å²) >= 11 is 0. The molecule has 20 heavy (non-hydrogen) atoms. The van der Waals surface area contributed by atoms with Gasteiger partial charge >= 0.3 is 0 Å². The largest absolute Gasteiger partial charge is 0.342 e. The summed E-state index contributed by atoms with van der Waals surface area (Å²) in [6.07, 6.45) is 1.95. The van der Waals surface area contributed by atoms with Gasteiger partial charge in [-0.3, -0.25) is 4.79 Å². The summed E-state index contributed by atoms with van der Waals surface area (Å²) in [5, 5.41) is 0. The SMILES string of the molecule is CCC1CN(C(=O)C(C)(C)c2ccccc2)CCC1N. The van der Waals surface area contributed by atoms with Gasteiger partial charge in [-0.05, 0) is 31.7 Å². The summed E-state index contributed by atoms with van der Waals surface area (Å²) < 4.78 is 0. The quantitative estimate of drug-likeness (QED) is 0.920. The summed E-state index contributed by atoms with van der Waals surface area (Å²) in [7, 11) is 0. The van der Waals surface area contributed by atoms with E-state index in [0.717, 1.165) is 31.5 Å². The number of nitrogens with two attached hydrogens (primary N) is 1. The van der Waals surface area contributed by atoms with Crippen molar-refractivity contribution in [3.63, 3.8) is 0 Å². The molecule has 1 aliphatic rings. The fraction of sp³-hybridized carbons (Fsp3) is 0.588. The first-order valence-electron chi connectivity index (χ1n) is 7.57. The zero-order valence-electron chi connectivity index (χ0n) is 12.8. The molecular weight excluding hydrogens is 248 g/mol. The highest BCUT2D eigenvalue weighted by Gasteiger charge is 2.37. The van der Waals surface area contributed by atoms with Gasteiger partial charge in [-0.25, -0.2) is 0 Å². The van der Waals surface area contributed by atoms with Crippen LogP contribution in [0, 0.1) is 5.92 Å². The van der Waals surface area contributed by atoms with Crippen LogP contribution < -0.4 is 5.73 Å². The Hall–Kier alpha value is -1.35. The molecule has 1 fully saturated rings. The molecule has 2 unspecified atom stereocenters. The molecule has 2 N–H and O–H groups in total. The van der Waals surface area contributed by atoms with E-state index in [0.29, 0.717) is 5.92 Å². The molecule has 0 bridgehead atoms. The number of piperidine rings is 1. The minimum Gasteiger partial charge on any atom is -0.342 e. The number of amides is 1. The smallest absolute Gasteiger partial charge is 0.232 e. The number of carbonyl (C=O) groups excluding carboxylic acids is 1. The summed E-state index contributed by atoms with van der Waals surface area (Å²) in [4.78, 5) is 14.9. The van der Waals surface area contributed by atoms with Gasteiger partial charge in [0.25, 0.3) is 0 Å². The zero-order valence-corrected chi connectivity index (χ0v) is 12.8. The topological polar surface area (TPSA) is 46.3 Å². The highest BCUT2D eigenvalue weighted by molar-refractivity contribution is 5.87. The summed E-state index contributed by atoms with van der Waals surface area (Å²) in [6.45, 7) is 7.76. The van der Waals surface area contributed by atoms with E-state index >= 15 is 0 Å². The molecule has 3 heteroatoms. The molecule has 0 aliphatic carbocycles. The van der Waals surface area contributed by atoms with Gasteiger partial charge in [-0.15, -0.1) is 0 Å². The first-order valence-corrected chi connectivity index (χ1v) is 7.57. The van der Waals surface area contributed by atoms with Gasteiger partial charge in [0, 0.05) is 19.1 Å². The lowest BCUT2D eigenvalue weighted by Crippen LogP contribution is -2.53. The van der Waals surface area contributed by atoms with Gasteiger partial charge in [-0.1, -0.05) is 43.7 Å². The normalized spacial score (nSPS) is 23.7. The average molecular weight is 274 g/mol. The molecule has 0 saturated carbocycles. The number of carbonyl (C=O) groups is 1. The molecular formula is C17H26N2O. The van der Waals surface area contributed by atoms with Crippen molar-refractivity contribution in [1.82, 2.24) is 4.90 Å². The molecule has 0 spiro atoms. The Morgan fingerprint density at radius 3 is 2.60 bits per heavy atom. The van der Waals surface area contributed by atoms with Crippen LogP contribution in [0.2, 0.25) is 0 Å². The van der Waals surface area contributed by atoms with Crippen LogP contribution in [0.3, 0.4) is 0 Å². The summed E-state index contributed by atoms with van der Waals surface area (Å²) in [6, 6.07) is 10.3. The summed E-state index contributed by atoms with van der Waals surface area (Å²) in [5.41, 5.74) is 6.74. The standard InChI is InChI=1S/C17H26N2O/c1-4-13-12-19(11-10-15(13)18)16(20)17(2,3)14-8-6-5-7-9-14/h5-9,13,15H,4,10-12,18H2,1-3H3. The van der Waals surface area contributed by atoms with Gasteiger partial charge in [0.1, 0.15) is 0 Å². The van der Waals surface area contributed by atoms with Crippen LogP contribution in [0.5, 0.6) is 0 Å². The first-order chi connectivity index (χ1) is 9.46. The third-order valence-corrected chi connectivity index (χ3v) is 4.63. The van der Waals surface area contributed by atoms with Crippen LogP contribution in [0.25, 0.3) is 0 Å². The Labute approximate surface area is 122 Å². The van der Waals surface area contributed by atoms with Gasteiger partial charge in [0.05, 0.1) is 5.41 Å². The van der Waals surface area contributed by atoms with E-state index in [-0.39, 0.29) is 11.9 Å². The predicted molar refractivity (Wildman–Crippen MR) is 82.4 cm³/mol. The van der Waals surface area contributed by atoms with Crippen molar-refractivity contribution in [2.45, 2.75) is 45.1 Å². The molecule has 1 amide bonds. The van der Waals surface area contributed by atoms with Crippen LogP contribution in [0.4, 0.5) is 0 Å². The van der Waals surface area contributed by atoms with Crippen LogP contribution >= 0.6 is 0 Å². The van der Waals surface area contributed by atoms with Gasteiger partial charge in [0.15, 0.2) is 0 Å². The van der Waals surface area contributed by atoms with E-state index in [1.807, 2.05) is 49.1 Å². The van der Waals surface area contributed by atoms with Crippen LogP contribution in [0.1, 0.15) is 39.2 Å². The van der Waals surface area contributed by atoms with Crippen LogP contribution in [0.15, 0.2) is 30.3 Å². The van der Waals surface area contributed by atoms with E-state index in [1.54, 1.807) is 0 Å². The number of hydrogen-bond donors (Lipinski definition) is 1. The van der Waals surface area contributed by atoms with E-state index in [9.17, 15) is 4.79 Å². The van der Waals surface area contributed by atoms with E-state index < -0.39 is 5.41 Å². The first kappa shape index (κ1) is 15.0. The second kappa shape index (κ2) is 5.96. The molecule has 0 radical (unpaired) electrons. The lowest BCUT2D eigenvalue weighted by molar-refractivity contribution is -0.138. The molecule has 2 atom stereocenters. The minimum atomic E-state index is -0.471. The van der Waals surface area contributed by atoms with Crippen molar-refractivity contribution >= 4 is 5.91 Å². The second-order valence-corrected chi connectivity index (χ2v) is 6.36. The Balaban J connectivity index is 2.15. The van der Waals surface area contributed by atoms with E-state index in [4.69, 9.17) is 5.73 Å². The van der Waals surface area contributed by atoms with Crippen molar-refractivity contribution in [1.29, 1.82) is 0 Å². The predicted octanol–water partition coefficient (Wildman–Crippen LogP) is 2.55. The molecule has 2 rings (SSSR count). The maximum atomic E-state index is 12.9. The van der Waals surface area contributed by atoms with Gasteiger partial charge < -0.3 is 10.6 Å². The molecule has 0 aromatic heterocycles. The van der Waals surface area contributed by atoms with Gasteiger partial charge in [-0.2, -0.15) is 0 Å². The minimum absolute atomic E-state index is 0.217. The number of benzene rings is 1. The van der Waals surface area contributed by atoms with Crippen molar-refractivity contribution in [3.8, 4) is 0 Å². The maximum Gasteiger partial charge on any atom is 0.232 e. The third-order valence-electron chi connectivity index (χ3n) is 4.63. The van der Waals surface area contributed by atoms with Crippen LogP contribution in [-0.2, 0) is 10.2 Å². The van der Waals surface area contributed by atoms with Crippen LogP contribution in [-0.4, -0.2) is 29.9 Å². The molecule has 1 aromatic rings. The highest BCUT2D eigenvalue weighted by atomic mass is 16.2. The van der Waals surface area contributed by atoms with E-state index in [1.165, 1.54) is 0 Å². The Bertz CT molecular complexity index is 455. The fourth-order valence-corrected chi connectivity index (χ4v) is 3.04. The Morgan fingerprint density at radius 2 is 2.00 bits per heavy atom. The monoisotopic (exact) mass is 274 g/mol. The van der Waals surface area contributed by atoms with Crippen molar-refractivity contribution < 1.29 is 4.79 Å². The zero-order chi connectivity index (χ0) is 14.8. The number of nitrogens with zero attached hydrogens (tertiary/aromatic N) is 1. The molecule has 110 valence electrons. The molecule has 1 heterocycles. The number of hydrogen-bond acceptors (Lipinski definition) is 2. The lowest BCUT2D eigenvalue weighted by atomic mass is 9.81. The van der Waals surface area contributed by atoms with E-state index in [2.05, 4.69) is 6.92 Å². The van der Waals surface area contributed by atoms with Crippen molar-refractivity contribution in [2.75, 3.05) is 13.1 Å².